The topological polar surface area (TPSA) is 104 Å². The quantitative estimate of drug-likeness (QED) is 0.510. The Morgan fingerprint density at radius 3 is 2.59 bits per heavy atom. The van der Waals surface area contributed by atoms with Crippen LogP contribution in [0.15, 0.2) is 23.1 Å². The Labute approximate surface area is 213 Å². The Hall–Kier alpha value is -2.34. The van der Waals surface area contributed by atoms with Gasteiger partial charge < -0.3 is 24.6 Å². The first-order valence-corrected chi connectivity index (χ1v) is 10.6. The maximum atomic E-state index is 13.8. The fourth-order valence-corrected chi connectivity index (χ4v) is 5.45. The van der Waals surface area contributed by atoms with Crippen LogP contribution in [-0.2, 0) is 17.8 Å². The van der Waals surface area contributed by atoms with Crippen molar-refractivity contribution >= 4 is 11.8 Å². The Morgan fingerprint density at radius 2 is 1.94 bits per heavy atom. The van der Waals surface area contributed by atoms with Crippen molar-refractivity contribution in [3.8, 4) is 5.75 Å². The molecule has 2 aliphatic heterocycles. The zero-order valence-electron chi connectivity index (χ0n) is 18.1. The van der Waals surface area contributed by atoms with E-state index in [9.17, 15) is 32.7 Å². The summed E-state index contributed by atoms with van der Waals surface area (Å²) in [5.74, 6) is -6.27. The van der Waals surface area contributed by atoms with E-state index in [1.54, 1.807) is 4.90 Å². The molecule has 2 aromatic rings. The molecule has 2 saturated carbocycles. The molecule has 6 rings (SSSR count). The molecule has 1 N–H and O–H groups in total. The molecule has 0 bridgehead atoms. The van der Waals surface area contributed by atoms with E-state index in [4.69, 9.17) is 4.74 Å². The summed E-state index contributed by atoms with van der Waals surface area (Å²) < 4.78 is 48.0. The molecule has 2 aliphatic carbocycles. The van der Waals surface area contributed by atoms with Crippen molar-refractivity contribution in [2.45, 2.75) is 50.7 Å². The molecule has 34 heavy (non-hydrogen) atoms. The van der Waals surface area contributed by atoms with Crippen LogP contribution in [0.3, 0.4) is 0 Å². The average Bonchev–Trinajstić information content (AvgIpc) is 3.50. The third-order valence-corrected chi connectivity index (χ3v) is 7.36. The van der Waals surface area contributed by atoms with Crippen molar-refractivity contribution in [1.29, 1.82) is 0 Å². The van der Waals surface area contributed by atoms with E-state index >= 15 is 0 Å². The minimum atomic E-state index is -1.20. The number of ether oxygens (including phenoxy) is 1. The second kappa shape index (κ2) is 7.84. The molecule has 2 unspecified atom stereocenters. The monoisotopic (exact) mass is 483 g/mol. The molecule has 1 saturated heterocycles. The summed E-state index contributed by atoms with van der Waals surface area (Å²) in [6, 6.07) is 0.924. The van der Waals surface area contributed by atoms with Crippen LogP contribution in [0.5, 0.6) is 5.75 Å². The van der Waals surface area contributed by atoms with Gasteiger partial charge in [0.2, 0.25) is 0 Å². The van der Waals surface area contributed by atoms with Gasteiger partial charge in [0, 0.05) is 41.9 Å². The normalized spacial score (nSPS) is 27.9. The van der Waals surface area contributed by atoms with Gasteiger partial charge in [-0.15, -0.1) is 0 Å². The summed E-state index contributed by atoms with van der Waals surface area (Å²) in [5, 5.41) is 14.9. The third kappa shape index (κ3) is 3.17. The number of hydrogen-bond acceptors (Lipinski definition) is 5. The zero-order valence-corrected chi connectivity index (χ0v) is 20.1. The Balaban J connectivity index is 0.00000241. The van der Waals surface area contributed by atoms with Gasteiger partial charge >= 0.3 is 29.6 Å². The van der Waals surface area contributed by atoms with Gasteiger partial charge in [0.05, 0.1) is 12.6 Å². The van der Waals surface area contributed by atoms with Crippen LogP contribution in [0.1, 0.15) is 45.7 Å². The van der Waals surface area contributed by atoms with Crippen molar-refractivity contribution < 1.29 is 62.2 Å². The fourth-order valence-electron chi connectivity index (χ4n) is 5.45. The molecule has 3 fully saturated rings. The maximum Gasteiger partial charge on any atom is 1.00 e. The number of carbonyl (C=O) groups excluding carboxylic acids is 2. The first-order chi connectivity index (χ1) is 15.7. The molecule has 3 heterocycles. The van der Waals surface area contributed by atoms with E-state index in [2.05, 4.69) is 5.32 Å². The molecule has 4 aliphatic rings. The Bertz CT molecular complexity index is 1290. The SMILES string of the molecule is O=C(NCc1c(F)cc(F)cc1F)c1cn2c(c([O-])c1=O)C(=O)N1[C@@H](C2)OC2CCC23C[C@@H]13.[Na+]. The number of nitrogens with zero attached hydrogens (tertiary/aromatic N) is 2. The fraction of sp³-hybridized carbons (Fsp3) is 0.409. The molecule has 1 aromatic carbocycles. The summed E-state index contributed by atoms with van der Waals surface area (Å²) >= 11 is 0. The molecule has 12 heteroatoms. The van der Waals surface area contributed by atoms with Gasteiger partial charge in [-0.05, 0) is 25.0 Å². The van der Waals surface area contributed by atoms with E-state index in [-0.39, 0.29) is 59.4 Å². The number of fused-ring (bicyclic) bond motifs is 3. The standard InChI is InChI=1S/C22H18F3N3O5.Na/c23-9-3-12(24)10(13(25)4-9)6-26-20(31)11-7-27-8-16-28(21(32)17(27)19(30)18(11)29)14-5-22(14)2-1-15(22)33-16;/h3-4,7,14-16,30H,1-2,5-6,8H2,(H,26,31);/q;+1/p-1/t14-,15?,16-,22?;/m1./s1. The number of amides is 2. The summed E-state index contributed by atoms with van der Waals surface area (Å²) in [6.07, 6.45) is 3.24. The van der Waals surface area contributed by atoms with Gasteiger partial charge in [-0.25, -0.2) is 13.2 Å². The molecular weight excluding hydrogens is 466 g/mol. The van der Waals surface area contributed by atoms with Crippen molar-refractivity contribution in [3.05, 3.63) is 62.8 Å². The van der Waals surface area contributed by atoms with Gasteiger partial charge in [0.1, 0.15) is 28.7 Å². The molecule has 4 atom stereocenters. The molecule has 8 nitrogen and oxygen atoms in total. The van der Waals surface area contributed by atoms with Crippen LogP contribution in [-0.4, -0.2) is 39.7 Å². The number of hydrogen-bond donors (Lipinski definition) is 1. The van der Waals surface area contributed by atoms with Crippen molar-refractivity contribution in [2.24, 2.45) is 5.41 Å². The van der Waals surface area contributed by atoms with Gasteiger partial charge in [-0.2, -0.15) is 0 Å². The van der Waals surface area contributed by atoms with E-state index in [1.165, 1.54) is 4.57 Å². The van der Waals surface area contributed by atoms with Gasteiger partial charge in [-0.3, -0.25) is 14.4 Å². The van der Waals surface area contributed by atoms with Crippen molar-refractivity contribution in [2.75, 3.05) is 0 Å². The van der Waals surface area contributed by atoms with E-state index in [0.717, 1.165) is 25.5 Å². The second-order valence-electron chi connectivity index (χ2n) is 9.02. The van der Waals surface area contributed by atoms with Crippen LogP contribution >= 0.6 is 0 Å². The number of rotatable bonds is 3. The van der Waals surface area contributed by atoms with Gasteiger partial charge in [0.25, 0.3) is 11.8 Å². The predicted molar refractivity (Wildman–Crippen MR) is 103 cm³/mol. The number of nitrogens with one attached hydrogen (secondary N) is 1. The molecular formula is C22H17F3N3NaO5. The first kappa shape index (κ1) is 23.4. The largest absolute Gasteiger partial charge is 1.00 e. The zero-order chi connectivity index (χ0) is 23.2. The summed E-state index contributed by atoms with van der Waals surface area (Å²) in [5.41, 5.74) is -2.70. The first-order valence-electron chi connectivity index (χ1n) is 10.6. The van der Waals surface area contributed by atoms with E-state index < -0.39 is 64.3 Å². The van der Waals surface area contributed by atoms with Crippen LogP contribution < -0.4 is 45.4 Å². The van der Waals surface area contributed by atoms with Gasteiger partial charge in [-0.1, -0.05) is 0 Å². The van der Waals surface area contributed by atoms with Crippen LogP contribution in [0.4, 0.5) is 13.2 Å². The van der Waals surface area contributed by atoms with Crippen LogP contribution in [0.2, 0.25) is 0 Å². The number of halogens is 3. The number of benzene rings is 1. The van der Waals surface area contributed by atoms with Crippen LogP contribution in [0, 0.1) is 22.9 Å². The van der Waals surface area contributed by atoms with Crippen molar-refractivity contribution in [3.63, 3.8) is 0 Å². The molecule has 1 spiro atoms. The van der Waals surface area contributed by atoms with E-state index in [1.807, 2.05) is 0 Å². The molecule has 0 radical (unpaired) electrons. The Morgan fingerprint density at radius 1 is 1.24 bits per heavy atom. The van der Waals surface area contributed by atoms with Crippen molar-refractivity contribution in [1.82, 2.24) is 14.8 Å². The molecule has 172 valence electrons. The summed E-state index contributed by atoms with van der Waals surface area (Å²) in [7, 11) is 0. The number of carbonyl (C=O) groups is 2. The molecule has 2 amide bonds. The third-order valence-electron chi connectivity index (χ3n) is 7.36. The van der Waals surface area contributed by atoms with Gasteiger partial charge in [0.15, 0.2) is 11.7 Å². The van der Waals surface area contributed by atoms with E-state index in [0.29, 0.717) is 12.1 Å². The number of pyridine rings is 1. The predicted octanol–water partition coefficient (Wildman–Crippen LogP) is -1.99. The smallest absolute Gasteiger partial charge is 0.868 e. The summed E-state index contributed by atoms with van der Waals surface area (Å²) in [4.78, 5) is 39.8. The average molecular weight is 483 g/mol. The van der Waals surface area contributed by atoms with Crippen LogP contribution in [0.25, 0.3) is 0 Å². The summed E-state index contributed by atoms with van der Waals surface area (Å²) in [6.45, 7) is -0.586. The number of aromatic nitrogens is 1. The Kier molecular flexibility index (Phi) is 5.40. The minimum absolute atomic E-state index is 0. The second-order valence-corrected chi connectivity index (χ2v) is 9.02. The minimum Gasteiger partial charge on any atom is -0.868 e. The maximum absolute atomic E-state index is 13.8. The molecule has 1 aromatic heterocycles.